The second kappa shape index (κ2) is 7.89. The van der Waals surface area contributed by atoms with E-state index in [2.05, 4.69) is 5.32 Å². The molecule has 2 unspecified atom stereocenters. The van der Waals surface area contributed by atoms with Gasteiger partial charge in [0.05, 0.1) is 10.9 Å². The molecule has 134 valence electrons. The third-order valence-electron chi connectivity index (χ3n) is 3.66. The fraction of sp³-hybridized carbons (Fsp3) is 0.278. The second-order valence-electron chi connectivity index (χ2n) is 5.79. The van der Waals surface area contributed by atoms with Gasteiger partial charge in [0, 0.05) is 11.3 Å². The fourth-order valence-electron chi connectivity index (χ4n) is 2.19. The van der Waals surface area contributed by atoms with Gasteiger partial charge in [0.25, 0.3) is 5.91 Å². The molecule has 1 amide bonds. The third-order valence-corrected chi connectivity index (χ3v) is 5.04. The Morgan fingerprint density at radius 3 is 2.12 bits per heavy atom. The van der Waals surface area contributed by atoms with Crippen molar-refractivity contribution in [3.8, 4) is 5.75 Å². The van der Waals surface area contributed by atoms with Crippen LogP contribution in [0.3, 0.4) is 0 Å². The summed E-state index contributed by atoms with van der Waals surface area (Å²) in [7, 11) is -3.24. The number of carbonyl (C=O) groups excluding carboxylic acids is 1. The number of carbonyl (C=O) groups is 1. The zero-order valence-corrected chi connectivity index (χ0v) is 15.8. The third kappa shape index (κ3) is 5.47. The van der Waals surface area contributed by atoms with Crippen LogP contribution in [0.5, 0.6) is 5.75 Å². The summed E-state index contributed by atoms with van der Waals surface area (Å²) >= 11 is 5.81. The van der Waals surface area contributed by atoms with Crippen LogP contribution in [0, 0.1) is 0 Å². The molecule has 0 fully saturated rings. The van der Waals surface area contributed by atoms with Crippen molar-refractivity contribution in [2.24, 2.45) is 0 Å². The van der Waals surface area contributed by atoms with E-state index in [0.29, 0.717) is 10.8 Å². The van der Waals surface area contributed by atoms with E-state index >= 15 is 0 Å². The molecule has 1 N–H and O–H groups in total. The van der Waals surface area contributed by atoms with Gasteiger partial charge < -0.3 is 10.1 Å². The normalized spacial score (nSPS) is 13.8. The molecule has 0 aliphatic rings. The highest BCUT2D eigenvalue weighted by molar-refractivity contribution is 7.90. The number of halogens is 1. The molecule has 0 radical (unpaired) electrons. The van der Waals surface area contributed by atoms with E-state index in [0.717, 1.165) is 11.8 Å². The average molecular weight is 382 g/mol. The van der Waals surface area contributed by atoms with Crippen LogP contribution >= 0.6 is 11.6 Å². The van der Waals surface area contributed by atoms with Gasteiger partial charge in [0.2, 0.25) is 0 Å². The number of amides is 1. The van der Waals surface area contributed by atoms with Gasteiger partial charge in [-0.15, -0.1) is 0 Å². The minimum absolute atomic E-state index is 0.245. The Balaban J connectivity index is 1.97. The van der Waals surface area contributed by atoms with E-state index in [-0.39, 0.29) is 16.8 Å². The lowest BCUT2D eigenvalue weighted by atomic mass is 10.1. The first kappa shape index (κ1) is 19.3. The Labute approximate surface area is 152 Å². The van der Waals surface area contributed by atoms with Gasteiger partial charge in [-0.3, -0.25) is 4.79 Å². The van der Waals surface area contributed by atoms with Crippen molar-refractivity contribution in [3.63, 3.8) is 0 Å². The first-order chi connectivity index (χ1) is 11.7. The van der Waals surface area contributed by atoms with Gasteiger partial charge >= 0.3 is 0 Å². The van der Waals surface area contributed by atoms with Gasteiger partial charge in [-0.25, -0.2) is 8.42 Å². The number of nitrogens with one attached hydrogen (secondary N) is 1. The fourth-order valence-corrected chi connectivity index (χ4v) is 2.95. The molecule has 2 atom stereocenters. The standard InChI is InChI=1S/C18H20ClNO4S/c1-12(14-4-10-17(11-5-14)25(3,22)23)20-18(21)13(2)24-16-8-6-15(19)7-9-16/h4-13H,1-3H3,(H,20,21). The molecule has 2 aromatic rings. The van der Waals surface area contributed by atoms with Crippen LogP contribution in [-0.4, -0.2) is 26.7 Å². The van der Waals surface area contributed by atoms with Crippen LogP contribution in [0.1, 0.15) is 25.5 Å². The van der Waals surface area contributed by atoms with Gasteiger partial charge in [0.1, 0.15) is 5.75 Å². The van der Waals surface area contributed by atoms with E-state index in [4.69, 9.17) is 16.3 Å². The SMILES string of the molecule is CC(Oc1ccc(Cl)cc1)C(=O)NC(C)c1ccc(S(C)(=O)=O)cc1. The second-order valence-corrected chi connectivity index (χ2v) is 8.24. The summed E-state index contributed by atoms with van der Waals surface area (Å²) in [6, 6.07) is 12.9. The molecule has 0 aromatic heterocycles. The van der Waals surface area contributed by atoms with Gasteiger partial charge in [-0.1, -0.05) is 23.7 Å². The molecule has 0 spiro atoms. The Kier molecular flexibility index (Phi) is 6.08. The molecule has 25 heavy (non-hydrogen) atoms. The predicted molar refractivity (Wildman–Crippen MR) is 97.7 cm³/mol. The quantitative estimate of drug-likeness (QED) is 0.832. The maximum atomic E-state index is 12.3. The van der Waals surface area contributed by atoms with Crippen molar-refractivity contribution in [2.75, 3.05) is 6.26 Å². The van der Waals surface area contributed by atoms with Crippen molar-refractivity contribution in [1.82, 2.24) is 5.32 Å². The molecule has 0 aliphatic carbocycles. The van der Waals surface area contributed by atoms with Crippen LogP contribution in [-0.2, 0) is 14.6 Å². The number of rotatable bonds is 6. The summed E-state index contributed by atoms with van der Waals surface area (Å²) in [5.74, 6) is 0.284. The Bertz CT molecular complexity index is 832. The average Bonchev–Trinajstić information content (AvgIpc) is 2.56. The molecule has 2 rings (SSSR count). The van der Waals surface area contributed by atoms with Crippen molar-refractivity contribution in [1.29, 1.82) is 0 Å². The summed E-state index contributed by atoms with van der Waals surface area (Å²) < 4.78 is 28.5. The van der Waals surface area contributed by atoms with E-state index in [1.165, 1.54) is 12.1 Å². The van der Waals surface area contributed by atoms with E-state index in [1.54, 1.807) is 43.3 Å². The predicted octanol–water partition coefficient (Wildman–Crippen LogP) is 3.39. The Morgan fingerprint density at radius 1 is 1.04 bits per heavy atom. The van der Waals surface area contributed by atoms with Crippen molar-refractivity contribution in [3.05, 3.63) is 59.1 Å². The van der Waals surface area contributed by atoms with Crippen LogP contribution in [0.2, 0.25) is 5.02 Å². The lowest BCUT2D eigenvalue weighted by molar-refractivity contribution is -0.127. The summed E-state index contributed by atoms with van der Waals surface area (Å²) in [6.45, 7) is 3.48. The number of sulfone groups is 1. The number of hydrogen-bond donors (Lipinski definition) is 1. The zero-order chi connectivity index (χ0) is 18.6. The van der Waals surface area contributed by atoms with Gasteiger partial charge in [0.15, 0.2) is 15.9 Å². The maximum Gasteiger partial charge on any atom is 0.261 e. The monoisotopic (exact) mass is 381 g/mol. The minimum Gasteiger partial charge on any atom is -0.481 e. The smallest absolute Gasteiger partial charge is 0.261 e. The molecule has 0 bridgehead atoms. The highest BCUT2D eigenvalue weighted by Crippen LogP contribution is 2.18. The van der Waals surface area contributed by atoms with Crippen LogP contribution in [0.4, 0.5) is 0 Å². The summed E-state index contributed by atoms with van der Waals surface area (Å²) in [4.78, 5) is 12.5. The van der Waals surface area contributed by atoms with Gasteiger partial charge in [-0.2, -0.15) is 0 Å². The molecule has 0 heterocycles. The molecule has 5 nitrogen and oxygen atoms in total. The summed E-state index contributed by atoms with van der Waals surface area (Å²) in [5.41, 5.74) is 0.805. The highest BCUT2D eigenvalue weighted by atomic mass is 35.5. The minimum atomic E-state index is -3.24. The van der Waals surface area contributed by atoms with E-state index in [9.17, 15) is 13.2 Å². The lowest BCUT2D eigenvalue weighted by Crippen LogP contribution is -2.37. The summed E-state index contributed by atoms with van der Waals surface area (Å²) in [5, 5.41) is 3.44. The van der Waals surface area contributed by atoms with Crippen LogP contribution in [0.15, 0.2) is 53.4 Å². The Morgan fingerprint density at radius 2 is 1.60 bits per heavy atom. The van der Waals surface area contributed by atoms with Crippen molar-refractivity contribution >= 4 is 27.3 Å². The molecule has 2 aromatic carbocycles. The Hall–Kier alpha value is -2.05. The molecule has 7 heteroatoms. The number of hydrogen-bond acceptors (Lipinski definition) is 4. The van der Waals surface area contributed by atoms with E-state index < -0.39 is 15.9 Å². The topological polar surface area (TPSA) is 72.5 Å². The van der Waals surface area contributed by atoms with Crippen molar-refractivity contribution in [2.45, 2.75) is 30.9 Å². The van der Waals surface area contributed by atoms with E-state index in [1.807, 2.05) is 6.92 Å². The highest BCUT2D eigenvalue weighted by Gasteiger charge is 2.18. The van der Waals surface area contributed by atoms with Gasteiger partial charge in [-0.05, 0) is 55.8 Å². The number of ether oxygens (including phenoxy) is 1. The number of benzene rings is 2. The molecular weight excluding hydrogens is 362 g/mol. The molecule has 0 saturated heterocycles. The lowest BCUT2D eigenvalue weighted by Gasteiger charge is -2.19. The maximum absolute atomic E-state index is 12.3. The van der Waals surface area contributed by atoms with Crippen LogP contribution < -0.4 is 10.1 Å². The first-order valence-corrected chi connectivity index (χ1v) is 9.96. The van der Waals surface area contributed by atoms with Crippen molar-refractivity contribution < 1.29 is 17.9 Å². The molecule has 0 aliphatic heterocycles. The largest absolute Gasteiger partial charge is 0.481 e. The molecular formula is C18H20ClNO4S. The van der Waals surface area contributed by atoms with Crippen LogP contribution in [0.25, 0.3) is 0 Å². The zero-order valence-electron chi connectivity index (χ0n) is 14.2. The first-order valence-electron chi connectivity index (χ1n) is 7.69. The molecule has 0 saturated carbocycles. The summed E-state index contributed by atoms with van der Waals surface area (Å²) in [6.07, 6.45) is 0.474.